The predicted octanol–water partition coefficient (Wildman–Crippen LogP) is 2.22. The number of carbonyl (C=O) groups excluding carboxylic acids is 1. The van der Waals surface area contributed by atoms with Crippen LogP contribution in [0.5, 0.6) is 0 Å². The second-order valence-electron chi connectivity index (χ2n) is 4.55. The van der Waals surface area contributed by atoms with Gasteiger partial charge < -0.3 is 15.7 Å². The van der Waals surface area contributed by atoms with Crippen molar-refractivity contribution in [3.63, 3.8) is 0 Å². The van der Waals surface area contributed by atoms with Crippen LogP contribution >= 0.6 is 0 Å². The Balaban J connectivity index is 2.56. The van der Waals surface area contributed by atoms with E-state index in [9.17, 15) is 9.59 Å². The molecule has 0 spiro atoms. The number of aryl methyl sites for hydroxylation is 1. The summed E-state index contributed by atoms with van der Waals surface area (Å²) in [6, 6.07) is 6.32. The molecule has 2 atom stereocenters. The lowest BCUT2D eigenvalue weighted by Crippen LogP contribution is -2.46. The molecule has 5 nitrogen and oxygen atoms in total. The van der Waals surface area contributed by atoms with Crippen molar-refractivity contribution in [3.05, 3.63) is 35.4 Å². The molecule has 0 saturated heterocycles. The molecule has 0 aromatic heterocycles. The first-order valence-corrected chi connectivity index (χ1v) is 6.30. The molecule has 2 unspecified atom stereocenters. The molecule has 5 heteroatoms. The smallest absolute Gasteiger partial charge is 0.326 e. The van der Waals surface area contributed by atoms with Gasteiger partial charge in [-0.3, -0.25) is 0 Å². The first-order valence-electron chi connectivity index (χ1n) is 6.30. The Morgan fingerprint density at radius 2 is 1.79 bits per heavy atom. The zero-order valence-electron chi connectivity index (χ0n) is 11.4. The molecule has 19 heavy (non-hydrogen) atoms. The lowest BCUT2D eigenvalue weighted by molar-refractivity contribution is -0.139. The maximum Gasteiger partial charge on any atom is 0.326 e. The van der Waals surface area contributed by atoms with Crippen molar-refractivity contribution in [2.75, 3.05) is 0 Å². The maximum atomic E-state index is 11.7. The monoisotopic (exact) mass is 264 g/mol. The average Bonchev–Trinajstić information content (AvgIpc) is 2.36. The summed E-state index contributed by atoms with van der Waals surface area (Å²) >= 11 is 0. The van der Waals surface area contributed by atoms with Crippen molar-refractivity contribution in [1.29, 1.82) is 0 Å². The summed E-state index contributed by atoms with van der Waals surface area (Å²) in [6.45, 7) is 5.56. The van der Waals surface area contributed by atoms with E-state index in [-0.39, 0.29) is 6.04 Å². The minimum atomic E-state index is -1.03. The zero-order valence-corrected chi connectivity index (χ0v) is 11.4. The third-order valence-electron chi connectivity index (χ3n) is 2.94. The quantitative estimate of drug-likeness (QED) is 0.763. The van der Waals surface area contributed by atoms with Crippen molar-refractivity contribution in [1.82, 2.24) is 10.6 Å². The average molecular weight is 264 g/mol. The third kappa shape index (κ3) is 4.62. The molecule has 1 rings (SSSR count). The number of hydrogen-bond donors (Lipinski definition) is 3. The molecule has 0 fully saturated rings. The number of benzene rings is 1. The summed E-state index contributed by atoms with van der Waals surface area (Å²) < 4.78 is 0. The zero-order chi connectivity index (χ0) is 14.4. The van der Waals surface area contributed by atoms with Crippen molar-refractivity contribution in [2.24, 2.45) is 0 Å². The molecule has 1 aromatic carbocycles. The summed E-state index contributed by atoms with van der Waals surface area (Å²) in [5.74, 6) is -1.03. The number of rotatable bonds is 5. The number of carboxylic acid groups (broad SMARTS) is 1. The van der Waals surface area contributed by atoms with Gasteiger partial charge in [0.15, 0.2) is 0 Å². The Morgan fingerprint density at radius 3 is 2.26 bits per heavy atom. The molecule has 2 amide bonds. The highest BCUT2D eigenvalue weighted by molar-refractivity contribution is 5.82. The van der Waals surface area contributed by atoms with Gasteiger partial charge in [0.05, 0.1) is 6.04 Å². The second-order valence-corrected chi connectivity index (χ2v) is 4.55. The number of nitrogens with one attached hydrogen (secondary N) is 2. The SMILES string of the molecule is CCC(NC(=O)NC(C)c1ccc(C)cc1)C(=O)O. The van der Waals surface area contributed by atoms with Gasteiger partial charge >= 0.3 is 12.0 Å². The molecule has 0 bridgehead atoms. The Kier molecular flexibility index (Phi) is 5.36. The van der Waals surface area contributed by atoms with E-state index in [4.69, 9.17) is 5.11 Å². The molecular formula is C14H20N2O3. The van der Waals surface area contributed by atoms with Crippen molar-refractivity contribution in [3.8, 4) is 0 Å². The van der Waals surface area contributed by atoms with Crippen molar-refractivity contribution < 1.29 is 14.7 Å². The van der Waals surface area contributed by atoms with Crippen LogP contribution in [-0.4, -0.2) is 23.1 Å². The molecule has 0 saturated carbocycles. The van der Waals surface area contributed by atoms with Gasteiger partial charge in [-0.15, -0.1) is 0 Å². The molecule has 0 radical (unpaired) electrons. The fourth-order valence-electron chi connectivity index (χ4n) is 1.67. The van der Waals surface area contributed by atoms with E-state index >= 15 is 0 Å². The number of carbonyl (C=O) groups is 2. The number of hydrogen-bond acceptors (Lipinski definition) is 2. The van der Waals surface area contributed by atoms with Gasteiger partial charge in [-0.05, 0) is 25.8 Å². The minimum absolute atomic E-state index is 0.174. The van der Waals surface area contributed by atoms with Gasteiger partial charge in [-0.25, -0.2) is 9.59 Å². The topological polar surface area (TPSA) is 78.4 Å². The summed E-state index contributed by atoms with van der Waals surface area (Å²) in [7, 11) is 0. The number of carboxylic acids is 1. The van der Waals surface area contributed by atoms with Crippen LogP contribution in [0.4, 0.5) is 4.79 Å². The minimum Gasteiger partial charge on any atom is -0.480 e. The van der Waals surface area contributed by atoms with Gasteiger partial charge in [0, 0.05) is 0 Å². The van der Waals surface area contributed by atoms with Gasteiger partial charge in [0.25, 0.3) is 0 Å². The highest BCUT2D eigenvalue weighted by Gasteiger charge is 2.18. The summed E-state index contributed by atoms with van der Waals surface area (Å²) in [4.78, 5) is 22.5. The predicted molar refractivity (Wildman–Crippen MR) is 73.0 cm³/mol. The Bertz CT molecular complexity index is 443. The standard InChI is InChI=1S/C14H20N2O3/c1-4-12(13(17)18)16-14(19)15-10(3)11-7-5-9(2)6-8-11/h5-8,10,12H,4H2,1-3H3,(H,17,18)(H2,15,16,19). The summed E-state index contributed by atoms with van der Waals surface area (Å²) in [5.41, 5.74) is 2.13. The van der Waals surface area contributed by atoms with Crippen LogP contribution in [-0.2, 0) is 4.79 Å². The molecule has 104 valence electrons. The van der Waals surface area contributed by atoms with Gasteiger partial charge in [0.1, 0.15) is 6.04 Å². The van der Waals surface area contributed by atoms with Crippen LogP contribution in [0.25, 0.3) is 0 Å². The van der Waals surface area contributed by atoms with E-state index in [1.54, 1.807) is 6.92 Å². The number of urea groups is 1. The molecule has 3 N–H and O–H groups in total. The molecular weight excluding hydrogens is 244 g/mol. The molecule has 0 aliphatic carbocycles. The first kappa shape index (κ1) is 15.0. The summed E-state index contributed by atoms with van der Waals surface area (Å²) in [6.07, 6.45) is 0.349. The van der Waals surface area contributed by atoms with E-state index in [1.165, 1.54) is 0 Å². The number of aliphatic carboxylic acids is 1. The molecule has 0 aliphatic rings. The van der Waals surface area contributed by atoms with Crippen LogP contribution in [0.3, 0.4) is 0 Å². The highest BCUT2D eigenvalue weighted by atomic mass is 16.4. The van der Waals surface area contributed by atoms with E-state index in [0.29, 0.717) is 6.42 Å². The van der Waals surface area contributed by atoms with E-state index in [2.05, 4.69) is 10.6 Å². The van der Waals surface area contributed by atoms with Crippen molar-refractivity contribution in [2.45, 2.75) is 39.3 Å². The fraction of sp³-hybridized carbons (Fsp3) is 0.429. The highest BCUT2D eigenvalue weighted by Crippen LogP contribution is 2.12. The van der Waals surface area contributed by atoms with Gasteiger partial charge in [-0.2, -0.15) is 0 Å². The summed E-state index contributed by atoms with van der Waals surface area (Å²) in [5, 5.41) is 14.0. The van der Waals surface area contributed by atoms with Gasteiger partial charge in [0.2, 0.25) is 0 Å². The third-order valence-corrected chi connectivity index (χ3v) is 2.94. The van der Waals surface area contributed by atoms with Crippen molar-refractivity contribution >= 4 is 12.0 Å². The van der Waals surface area contributed by atoms with Gasteiger partial charge in [-0.1, -0.05) is 36.8 Å². The van der Waals surface area contributed by atoms with E-state index < -0.39 is 18.0 Å². The maximum absolute atomic E-state index is 11.7. The second kappa shape index (κ2) is 6.78. The van der Waals surface area contributed by atoms with Crippen LogP contribution < -0.4 is 10.6 Å². The largest absolute Gasteiger partial charge is 0.480 e. The molecule has 0 heterocycles. The Morgan fingerprint density at radius 1 is 1.21 bits per heavy atom. The molecule has 1 aromatic rings. The first-order chi connectivity index (χ1) is 8.93. The lowest BCUT2D eigenvalue weighted by atomic mass is 10.1. The number of amides is 2. The molecule has 0 aliphatic heterocycles. The van der Waals surface area contributed by atoms with E-state index in [0.717, 1.165) is 11.1 Å². The van der Waals surface area contributed by atoms with Crippen LogP contribution in [0.1, 0.15) is 37.4 Å². The van der Waals surface area contributed by atoms with Crippen LogP contribution in [0.15, 0.2) is 24.3 Å². The fourth-order valence-corrected chi connectivity index (χ4v) is 1.67. The van der Waals surface area contributed by atoms with Crippen LogP contribution in [0.2, 0.25) is 0 Å². The normalized spacial score (nSPS) is 13.4. The Hall–Kier alpha value is -2.04. The lowest BCUT2D eigenvalue weighted by Gasteiger charge is -2.18. The Labute approximate surface area is 113 Å². The van der Waals surface area contributed by atoms with Crippen LogP contribution in [0, 0.1) is 6.92 Å². The van der Waals surface area contributed by atoms with E-state index in [1.807, 2.05) is 38.1 Å².